The molecule has 0 spiro atoms. The highest BCUT2D eigenvalue weighted by Crippen LogP contribution is 2.45. The molecule has 1 fully saturated rings. The number of cyclic esters (lactones) is 1. The summed E-state index contributed by atoms with van der Waals surface area (Å²) in [5, 5.41) is 0. The fourth-order valence-electron chi connectivity index (χ4n) is 2.90. The lowest BCUT2D eigenvalue weighted by Gasteiger charge is -2.28. The van der Waals surface area contributed by atoms with Crippen LogP contribution in [0.4, 0.5) is 0 Å². The lowest BCUT2D eigenvalue weighted by atomic mass is 9.81. The van der Waals surface area contributed by atoms with Crippen LogP contribution in [0.1, 0.15) is 24.5 Å². The fraction of sp³-hybridized carbons (Fsp3) is 0.222. The van der Waals surface area contributed by atoms with Crippen molar-refractivity contribution in [2.75, 3.05) is 0 Å². The van der Waals surface area contributed by atoms with E-state index in [1.165, 1.54) is 6.92 Å². The number of hydrogen-bond donors (Lipinski definition) is 0. The number of rotatable bonds is 3. The molecule has 1 heterocycles. The second-order valence-corrected chi connectivity index (χ2v) is 5.35. The van der Waals surface area contributed by atoms with Crippen LogP contribution in [0, 0.1) is 5.92 Å². The van der Waals surface area contributed by atoms with Gasteiger partial charge in [-0.25, -0.2) is 0 Å². The molecular formula is C18H16O3. The molecular weight excluding hydrogens is 264 g/mol. The van der Waals surface area contributed by atoms with Gasteiger partial charge in [-0.3, -0.25) is 9.59 Å². The average molecular weight is 280 g/mol. The minimum Gasteiger partial charge on any atom is -0.449 e. The number of carbonyl (C=O) groups excluding carboxylic acids is 2. The lowest BCUT2D eigenvalue weighted by molar-refractivity contribution is -0.150. The molecule has 3 rings (SSSR count). The van der Waals surface area contributed by atoms with Crippen LogP contribution in [0.3, 0.4) is 0 Å². The molecule has 0 bridgehead atoms. The van der Waals surface area contributed by atoms with Crippen molar-refractivity contribution in [3.8, 4) is 0 Å². The molecule has 21 heavy (non-hydrogen) atoms. The molecule has 2 aromatic carbocycles. The average Bonchev–Trinajstić information content (AvgIpc) is 2.88. The van der Waals surface area contributed by atoms with Crippen LogP contribution in [0.25, 0.3) is 0 Å². The predicted octanol–water partition coefficient (Wildman–Crippen LogP) is 3.08. The van der Waals surface area contributed by atoms with E-state index in [1.54, 1.807) is 0 Å². The maximum Gasteiger partial charge on any atom is 0.317 e. The summed E-state index contributed by atoms with van der Waals surface area (Å²) < 4.78 is 5.74. The first-order chi connectivity index (χ1) is 10.1. The third kappa shape index (κ3) is 2.25. The standard InChI is InChI=1S/C18H16O3/c1-13(19)16-12-18(21-17(16)20,14-8-4-2-5-9-14)15-10-6-3-7-11-15/h2-11,16H,12H2,1H3. The molecule has 0 aromatic heterocycles. The Kier molecular flexibility index (Phi) is 3.34. The van der Waals surface area contributed by atoms with E-state index in [2.05, 4.69) is 0 Å². The molecule has 2 aromatic rings. The summed E-state index contributed by atoms with van der Waals surface area (Å²) in [4.78, 5) is 23.8. The van der Waals surface area contributed by atoms with Gasteiger partial charge in [0, 0.05) is 17.5 Å². The van der Waals surface area contributed by atoms with Gasteiger partial charge in [-0.1, -0.05) is 60.7 Å². The maximum absolute atomic E-state index is 12.1. The van der Waals surface area contributed by atoms with Gasteiger partial charge in [0.1, 0.15) is 11.7 Å². The Morgan fingerprint density at radius 1 is 1.00 bits per heavy atom. The molecule has 3 heteroatoms. The van der Waals surface area contributed by atoms with Crippen molar-refractivity contribution in [1.82, 2.24) is 0 Å². The van der Waals surface area contributed by atoms with E-state index in [4.69, 9.17) is 4.74 Å². The summed E-state index contributed by atoms with van der Waals surface area (Å²) >= 11 is 0. The molecule has 1 aliphatic rings. The van der Waals surface area contributed by atoms with E-state index < -0.39 is 17.5 Å². The number of benzene rings is 2. The van der Waals surface area contributed by atoms with Gasteiger partial charge in [0.15, 0.2) is 5.60 Å². The molecule has 1 atom stereocenters. The summed E-state index contributed by atoms with van der Waals surface area (Å²) in [6.45, 7) is 1.44. The van der Waals surface area contributed by atoms with E-state index >= 15 is 0 Å². The van der Waals surface area contributed by atoms with Gasteiger partial charge < -0.3 is 4.74 Å². The first-order valence-electron chi connectivity index (χ1n) is 6.98. The van der Waals surface area contributed by atoms with Crippen LogP contribution in [0.5, 0.6) is 0 Å². The van der Waals surface area contributed by atoms with Gasteiger partial charge in [-0.05, 0) is 6.92 Å². The van der Waals surface area contributed by atoms with Crippen molar-refractivity contribution in [3.05, 3.63) is 71.8 Å². The molecule has 0 aliphatic carbocycles. The summed E-state index contributed by atoms with van der Waals surface area (Å²) in [6.07, 6.45) is 0.356. The maximum atomic E-state index is 12.1. The van der Waals surface area contributed by atoms with Crippen LogP contribution in [-0.2, 0) is 19.9 Å². The Morgan fingerprint density at radius 2 is 1.48 bits per heavy atom. The van der Waals surface area contributed by atoms with E-state index in [0.29, 0.717) is 6.42 Å². The number of hydrogen-bond acceptors (Lipinski definition) is 3. The Bertz CT molecular complexity index is 622. The Morgan fingerprint density at radius 3 is 1.86 bits per heavy atom. The zero-order chi connectivity index (χ0) is 14.9. The van der Waals surface area contributed by atoms with E-state index in [9.17, 15) is 9.59 Å². The predicted molar refractivity (Wildman–Crippen MR) is 78.5 cm³/mol. The number of ketones is 1. The monoisotopic (exact) mass is 280 g/mol. The van der Waals surface area contributed by atoms with Gasteiger partial charge in [0.05, 0.1) is 0 Å². The Labute approximate surface area is 123 Å². The second-order valence-electron chi connectivity index (χ2n) is 5.35. The smallest absolute Gasteiger partial charge is 0.317 e. The number of ether oxygens (including phenoxy) is 1. The van der Waals surface area contributed by atoms with Gasteiger partial charge in [-0.15, -0.1) is 0 Å². The van der Waals surface area contributed by atoms with Crippen LogP contribution in [0.15, 0.2) is 60.7 Å². The van der Waals surface area contributed by atoms with E-state index in [-0.39, 0.29) is 5.78 Å². The zero-order valence-corrected chi connectivity index (χ0v) is 11.8. The van der Waals surface area contributed by atoms with Gasteiger partial charge in [0.2, 0.25) is 0 Å². The van der Waals surface area contributed by atoms with Crippen molar-refractivity contribution in [2.24, 2.45) is 5.92 Å². The van der Waals surface area contributed by atoms with Crippen molar-refractivity contribution >= 4 is 11.8 Å². The fourth-order valence-corrected chi connectivity index (χ4v) is 2.90. The van der Waals surface area contributed by atoms with Crippen LogP contribution in [0.2, 0.25) is 0 Å². The number of Topliss-reactive ketones (excluding diaryl/α,β-unsaturated/α-hetero) is 1. The lowest BCUT2D eigenvalue weighted by Crippen LogP contribution is -2.27. The van der Waals surface area contributed by atoms with Crippen LogP contribution >= 0.6 is 0 Å². The molecule has 1 saturated heterocycles. The molecule has 3 nitrogen and oxygen atoms in total. The third-order valence-electron chi connectivity index (χ3n) is 4.02. The zero-order valence-electron chi connectivity index (χ0n) is 11.8. The minimum absolute atomic E-state index is 0.145. The van der Waals surface area contributed by atoms with Crippen molar-refractivity contribution in [3.63, 3.8) is 0 Å². The van der Waals surface area contributed by atoms with Gasteiger partial charge in [-0.2, -0.15) is 0 Å². The quantitative estimate of drug-likeness (QED) is 0.641. The third-order valence-corrected chi connectivity index (χ3v) is 4.02. The van der Waals surface area contributed by atoms with Crippen molar-refractivity contribution < 1.29 is 14.3 Å². The highest BCUT2D eigenvalue weighted by Gasteiger charge is 2.50. The van der Waals surface area contributed by atoms with Gasteiger partial charge >= 0.3 is 5.97 Å². The molecule has 1 unspecified atom stereocenters. The molecule has 0 amide bonds. The SMILES string of the molecule is CC(=O)C1CC(c2ccccc2)(c2ccccc2)OC1=O. The summed E-state index contributed by atoms with van der Waals surface area (Å²) in [6, 6.07) is 19.2. The normalized spacial score (nSPS) is 20.0. The van der Waals surface area contributed by atoms with E-state index in [0.717, 1.165) is 11.1 Å². The van der Waals surface area contributed by atoms with Gasteiger partial charge in [0.25, 0.3) is 0 Å². The summed E-state index contributed by atoms with van der Waals surface area (Å²) in [5.41, 5.74) is 0.928. The molecule has 1 aliphatic heterocycles. The Balaban J connectivity index is 2.14. The number of esters is 1. The largest absolute Gasteiger partial charge is 0.449 e. The summed E-state index contributed by atoms with van der Waals surface area (Å²) in [5.74, 6) is -1.27. The summed E-state index contributed by atoms with van der Waals surface area (Å²) in [7, 11) is 0. The Hall–Kier alpha value is -2.42. The first kappa shape index (κ1) is 13.6. The number of carbonyl (C=O) groups is 2. The highest BCUT2D eigenvalue weighted by atomic mass is 16.6. The second kappa shape index (κ2) is 5.17. The van der Waals surface area contributed by atoms with Crippen molar-refractivity contribution in [2.45, 2.75) is 18.9 Å². The highest BCUT2D eigenvalue weighted by molar-refractivity contribution is 5.99. The molecule has 0 saturated carbocycles. The topological polar surface area (TPSA) is 43.4 Å². The minimum atomic E-state index is -0.865. The molecule has 0 radical (unpaired) electrons. The first-order valence-corrected chi connectivity index (χ1v) is 6.98. The van der Waals surface area contributed by atoms with Crippen LogP contribution < -0.4 is 0 Å². The molecule has 0 N–H and O–H groups in total. The van der Waals surface area contributed by atoms with Crippen LogP contribution in [-0.4, -0.2) is 11.8 Å². The van der Waals surface area contributed by atoms with E-state index in [1.807, 2.05) is 60.7 Å². The molecule has 106 valence electrons. The van der Waals surface area contributed by atoms with Crippen molar-refractivity contribution in [1.29, 1.82) is 0 Å².